The summed E-state index contributed by atoms with van der Waals surface area (Å²) in [5.41, 5.74) is 0.994. The number of benzene rings is 1. The Hall–Kier alpha value is -2.04. The standard InChI is InChI=1S/C12H16N2O3/c1-9(11(15)16)7-13-12(17)14-8-10-5-3-2-4-6-10/h2-6,9H,7-8H2,1H3,(H,15,16)(H2,13,14,17). The van der Waals surface area contributed by atoms with Crippen LogP contribution < -0.4 is 10.6 Å². The van der Waals surface area contributed by atoms with Gasteiger partial charge in [0.15, 0.2) is 0 Å². The molecule has 5 nitrogen and oxygen atoms in total. The van der Waals surface area contributed by atoms with Crippen molar-refractivity contribution in [2.75, 3.05) is 6.54 Å². The van der Waals surface area contributed by atoms with E-state index >= 15 is 0 Å². The average Bonchev–Trinajstić information content (AvgIpc) is 2.34. The van der Waals surface area contributed by atoms with Gasteiger partial charge in [0.2, 0.25) is 0 Å². The summed E-state index contributed by atoms with van der Waals surface area (Å²) in [5, 5.41) is 13.8. The highest BCUT2D eigenvalue weighted by atomic mass is 16.4. The average molecular weight is 236 g/mol. The van der Waals surface area contributed by atoms with Crippen molar-refractivity contribution in [3.63, 3.8) is 0 Å². The molecule has 0 aliphatic carbocycles. The summed E-state index contributed by atoms with van der Waals surface area (Å²) >= 11 is 0. The zero-order valence-corrected chi connectivity index (χ0v) is 9.64. The third-order valence-corrected chi connectivity index (χ3v) is 2.29. The van der Waals surface area contributed by atoms with Crippen LogP contribution >= 0.6 is 0 Å². The molecule has 0 aromatic heterocycles. The van der Waals surface area contributed by atoms with Crippen LogP contribution in [0.5, 0.6) is 0 Å². The van der Waals surface area contributed by atoms with E-state index in [0.29, 0.717) is 6.54 Å². The van der Waals surface area contributed by atoms with Gasteiger partial charge in [0.1, 0.15) is 0 Å². The topological polar surface area (TPSA) is 78.4 Å². The van der Waals surface area contributed by atoms with Crippen molar-refractivity contribution in [1.82, 2.24) is 10.6 Å². The Morgan fingerprint density at radius 3 is 2.47 bits per heavy atom. The van der Waals surface area contributed by atoms with Crippen LogP contribution in [0.3, 0.4) is 0 Å². The minimum Gasteiger partial charge on any atom is -0.481 e. The number of urea groups is 1. The summed E-state index contributed by atoms with van der Waals surface area (Å²) in [4.78, 5) is 21.8. The highest BCUT2D eigenvalue weighted by Gasteiger charge is 2.11. The second kappa shape index (κ2) is 6.52. The number of rotatable bonds is 5. The Morgan fingerprint density at radius 2 is 1.88 bits per heavy atom. The second-order valence-electron chi connectivity index (χ2n) is 3.79. The first-order valence-electron chi connectivity index (χ1n) is 5.38. The van der Waals surface area contributed by atoms with E-state index in [0.717, 1.165) is 5.56 Å². The van der Waals surface area contributed by atoms with Crippen LogP contribution in [0.15, 0.2) is 30.3 Å². The summed E-state index contributed by atoms with van der Waals surface area (Å²) < 4.78 is 0. The molecule has 2 amide bonds. The molecule has 0 aliphatic rings. The Kier molecular flexibility index (Phi) is 5.00. The first-order valence-corrected chi connectivity index (χ1v) is 5.38. The molecule has 0 heterocycles. The van der Waals surface area contributed by atoms with E-state index in [4.69, 9.17) is 5.11 Å². The van der Waals surface area contributed by atoms with Gasteiger partial charge in [-0.15, -0.1) is 0 Å². The fourth-order valence-electron chi connectivity index (χ4n) is 1.17. The van der Waals surface area contributed by atoms with Crippen LogP contribution in [0.4, 0.5) is 4.79 Å². The van der Waals surface area contributed by atoms with E-state index in [9.17, 15) is 9.59 Å². The van der Waals surface area contributed by atoms with Crippen LogP contribution in [-0.2, 0) is 11.3 Å². The van der Waals surface area contributed by atoms with Crippen LogP contribution in [0, 0.1) is 5.92 Å². The number of aliphatic carboxylic acids is 1. The van der Waals surface area contributed by atoms with Crippen molar-refractivity contribution in [3.8, 4) is 0 Å². The zero-order chi connectivity index (χ0) is 12.7. The highest BCUT2D eigenvalue weighted by molar-refractivity contribution is 5.75. The predicted octanol–water partition coefficient (Wildman–Crippen LogP) is 1.21. The van der Waals surface area contributed by atoms with E-state index in [2.05, 4.69) is 10.6 Å². The maximum Gasteiger partial charge on any atom is 0.315 e. The minimum absolute atomic E-state index is 0.121. The van der Waals surface area contributed by atoms with Gasteiger partial charge in [0.25, 0.3) is 0 Å². The maximum absolute atomic E-state index is 11.3. The van der Waals surface area contributed by atoms with Crippen LogP contribution in [0.2, 0.25) is 0 Å². The number of carboxylic acid groups (broad SMARTS) is 1. The van der Waals surface area contributed by atoms with E-state index in [-0.39, 0.29) is 12.6 Å². The normalized spacial score (nSPS) is 11.6. The molecule has 1 aromatic carbocycles. The van der Waals surface area contributed by atoms with Crippen molar-refractivity contribution in [2.45, 2.75) is 13.5 Å². The first kappa shape index (κ1) is 13.0. The fraction of sp³-hybridized carbons (Fsp3) is 0.333. The van der Waals surface area contributed by atoms with Gasteiger partial charge in [0.05, 0.1) is 5.92 Å². The number of hydrogen-bond donors (Lipinski definition) is 3. The first-order chi connectivity index (χ1) is 8.09. The Morgan fingerprint density at radius 1 is 1.24 bits per heavy atom. The van der Waals surface area contributed by atoms with Gasteiger partial charge in [-0.25, -0.2) is 4.79 Å². The quantitative estimate of drug-likeness (QED) is 0.719. The number of carbonyl (C=O) groups excluding carboxylic acids is 1. The molecule has 1 unspecified atom stereocenters. The minimum atomic E-state index is -0.923. The van der Waals surface area contributed by atoms with Crippen molar-refractivity contribution in [1.29, 1.82) is 0 Å². The van der Waals surface area contributed by atoms with Crippen LogP contribution in [0.1, 0.15) is 12.5 Å². The molecule has 0 aliphatic heterocycles. The van der Waals surface area contributed by atoms with Gasteiger partial charge in [0, 0.05) is 13.1 Å². The summed E-state index contributed by atoms with van der Waals surface area (Å²) in [6, 6.07) is 9.13. The Labute approximate surface area is 99.8 Å². The lowest BCUT2D eigenvalue weighted by Crippen LogP contribution is -2.38. The highest BCUT2D eigenvalue weighted by Crippen LogP contribution is 1.97. The molecule has 1 rings (SSSR count). The molecule has 0 bridgehead atoms. The fourth-order valence-corrected chi connectivity index (χ4v) is 1.17. The second-order valence-corrected chi connectivity index (χ2v) is 3.79. The number of carbonyl (C=O) groups is 2. The Bertz CT molecular complexity index is 379. The van der Waals surface area contributed by atoms with Gasteiger partial charge in [-0.05, 0) is 5.56 Å². The molecule has 0 radical (unpaired) electrons. The molecule has 5 heteroatoms. The number of carboxylic acids is 1. The molecule has 0 saturated carbocycles. The Balaban J connectivity index is 2.24. The van der Waals surface area contributed by atoms with Crippen molar-refractivity contribution in [2.24, 2.45) is 5.92 Å². The van der Waals surface area contributed by atoms with E-state index < -0.39 is 11.9 Å². The SMILES string of the molecule is CC(CNC(=O)NCc1ccccc1)C(=O)O. The van der Waals surface area contributed by atoms with Gasteiger partial charge >= 0.3 is 12.0 Å². The van der Waals surface area contributed by atoms with Crippen LogP contribution in [0.25, 0.3) is 0 Å². The molecule has 0 fully saturated rings. The predicted molar refractivity (Wildman–Crippen MR) is 63.5 cm³/mol. The van der Waals surface area contributed by atoms with E-state index in [1.54, 1.807) is 6.92 Å². The lowest BCUT2D eigenvalue weighted by Gasteiger charge is -2.09. The van der Waals surface area contributed by atoms with E-state index in [1.165, 1.54) is 0 Å². The molecule has 17 heavy (non-hydrogen) atoms. The largest absolute Gasteiger partial charge is 0.481 e. The van der Waals surface area contributed by atoms with Gasteiger partial charge in [-0.1, -0.05) is 37.3 Å². The molecular weight excluding hydrogens is 220 g/mol. The van der Waals surface area contributed by atoms with Crippen molar-refractivity contribution >= 4 is 12.0 Å². The number of amides is 2. The molecular formula is C12H16N2O3. The van der Waals surface area contributed by atoms with Gasteiger partial charge in [-0.3, -0.25) is 4.79 Å². The number of nitrogens with one attached hydrogen (secondary N) is 2. The molecule has 0 saturated heterocycles. The molecule has 92 valence electrons. The lowest BCUT2D eigenvalue weighted by atomic mass is 10.2. The van der Waals surface area contributed by atoms with Gasteiger partial charge in [-0.2, -0.15) is 0 Å². The smallest absolute Gasteiger partial charge is 0.315 e. The van der Waals surface area contributed by atoms with Crippen molar-refractivity contribution in [3.05, 3.63) is 35.9 Å². The van der Waals surface area contributed by atoms with Crippen molar-refractivity contribution < 1.29 is 14.7 Å². The maximum atomic E-state index is 11.3. The molecule has 1 atom stereocenters. The van der Waals surface area contributed by atoms with Crippen LogP contribution in [-0.4, -0.2) is 23.7 Å². The molecule has 0 spiro atoms. The molecule has 1 aromatic rings. The van der Waals surface area contributed by atoms with E-state index in [1.807, 2.05) is 30.3 Å². The third-order valence-electron chi connectivity index (χ3n) is 2.29. The third kappa shape index (κ3) is 5.01. The molecule has 3 N–H and O–H groups in total. The zero-order valence-electron chi connectivity index (χ0n) is 9.64. The monoisotopic (exact) mass is 236 g/mol. The number of hydrogen-bond acceptors (Lipinski definition) is 2. The summed E-state index contributed by atoms with van der Waals surface area (Å²) in [5.74, 6) is -1.51. The lowest BCUT2D eigenvalue weighted by molar-refractivity contribution is -0.140. The summed E-state index contributed by atoms with van der Waals surface area (Å²) in [6.45, 7) is 2.09. The summed E-state index contributed by atoms with van der Waals surface area (Å²) in [6.07, 6.45) is 0. The summed E-state index contributed by atoms with van der Waals surface area (Å²) in [7, 11) is 0. The van der Waals surface area contributed by atoms with Gasteiger partial charge < -0.3 is 15.7 Å².